The lowest BCUT2D eigenvalue weighted by atomic mass is 9.99. The van der Waals surface area contributed by atoms with Gasteiger partial charge in [-0.15, -0.1) is 0 Å². The summed E-state index contributed by atoms with van der Waals surface area (Å²) in [5, 5.41) is 3.18. The summed E-state index contributed by atoms with van der Waals surface area (Å²) in [4.78, 5) is 29.1. The Kier molecular flexibility index (Phi) is 4.61. The second-order valence-corrected chi connectivity index (χ2v) is 7.11. The SMILES string of the molecule is O=C(CN1C(=O)CCOc2ccccc21)N[C@H]1CCN2CCCC[C@@H]12. The molecule has 2 saturated heterocycles. The van der Waals surface area contributed by atoms with Gasteiger partial charge in [0, 0.05) is 18.6 Å². The first kappa shape index (κ1) is 16.4. The number of amides is 2. The summed E-state index contributed by atoms with van der Waals surface area (Å²) >= 11 is 0. The third-order valence-electron chi connectivity index (χ3n) is 5.53. The molecule has 134 valence electrons. The van der Waals surface area contributed by atoms with Crippen LogP contribution < -0.4 is 15.0 Å². The van der Waals surface area contributed by atoms with Crippen molar-refractivity contribution in [2.75, 3.05) is 31.1 Å². The molecule has 2 amide bonds. The van der Waals surface area contributed by atoms with E-state index in [1.807, 2.05) is 24.3 Å². The predicted molar refractivity (Wildman–Crippen MR) is 94.7 cm³/mol. The molecule has 1 N–H and O–H groups in total. The number of benzene rings is 1. The lowest BCUT2D eigenvalue weighted by Crippen LogP contribution is -2.50. The van der Waals surface area contributed by atoms with Crippen LogP contribution in [0.4, 0.5) is 5.69 Å². The Bertz CT molecular complexity index is 663. The Morgan fingerprint density at radius 3 is 3.00 bits per heavy atom. The van der Waals surface area contributed by atoms with Gasteiger partial charge in [-0.1, -0.05) is 18.6 Å². The second-order valence-electron chi connectivity index (χ2n) is 7.11. The first-order chi connectivity index (χ1) is 12.2. The average molecular weight is 343 g/mol. The van der Waals surface area contributed by atoms with Gasteiger partial charge in [-0.05, 0) is 37.9 Å². The summed E-state index contributed by atoms with van der Waals surface area (Å²) in [5.41, 5.74) is 0.686. The normalized spacial score (nSPS) is 26.4. The molecule has 2 atom stereocenters. The molecule has 0 saturated carbocycles. The smallest absolute Gasteiger partial charge is 0.240 e. The summed E-state index contributed by atoms with van der Waals surface area (Å²) in [7, 11) is 0. The number of nitrogens with zero attached hydrogens (tertiary/aromatic N) is 2. The number of fused-ring (bicyclic) bond motifs is 2. The molecule has 1 aromatic carbocycles. The van der Waals surface area contributed by atoms with Crippen LogP contribution in [-0.2, 0) is 9.59 Å². The number of hydrogen-bond donors (Lipinski definition) is 1. The molecular formula is C19H25N3O3. The molecule has 0 bridgehead atoms. The first-order valence-corrected chi connectivity index (χ1v) is 9.28. The number of rotatable bonds is 3. The number of hydrogen-bond acceptors (Lipinski definition) is 4. The van der Waals surface area contributed by atoms with E-state index in [2.05, 4.69) is 10.2 Å². The molecule has 6 nitrogen and oxygen atoms in total. The number of piperidine rings is 1. The van der Waals surface area contributed by atoms with Crippen molar-refractivity contribution in [2.45, 2.75) is 44.2 Å². The molecule has 25 heavy (non-hydrogen) atoms. The molecule has 0 aromatic heterocycles. The number of nitrogens with one attached hydrogen (secondary N) is 1. The molecule has 3 heterocycles. The van der Waals surface area contributed by atoms with E-state index < -0.39 is 0 Å². The molecule has 0 unspecified atom stereocenters. The van der Waals surface area contributed by atoms with E-state index in [-0.39, 0.29) is 24.4 Å². The second kappa shape index (κ2) is 7.04. The Morgan fingerprint density at radius 1 is 1.20 bits per heavy atom. The molecule has 3 aliphatic heterocycles. The van der Waals surface area contributed by atoms with Crippen molar-refractivity contribution in [1.29, 1.82) is 0 Å². The molecule has 6 heteroatoms. The Labute approximate surface area is 148 Å². The highest BCUT2D eigenvalue weighted by atomic mass is 16.5. The predicted octanol–water partition coefficient (Wildman–Crippen LogP) is 1.55. The lowest BCUT2D eigenvalue weighted by Gasteiger charge is -2.33. The maximum atomic E-state index is 12.6. The van der Waals surface area contributed by atoms with Gasteiger partial charge in [-0.25, -0.2) is 0 Å². The minimum absolute atomic E-state index is 0.0580. The maximum Gasteiger partial charge on any atom is 0.240 e. The van der Waals surface area contributed by atoms with E-state index in [1.165, 1.54) is 12.8 Å². The number of para-hydroxylation sites is 2. The van der Waals surface area contributed by atoms with E-state index in [0.29, 0.717) is 30.5 Å². The van der Waals surface area contributed by atoms with Gasteiger partial charge in [0.15, 0.2) is 0 Å². The van der Waals surface area contributed by atoms with Crippen LogP contribution in [0.25, 0.3) is 0 Å². The average Bonchev–Trinajstić information content (AvgIpc) is 2.96. The highest BCUT2D eigenvalue weighted by Crippen LogP contribution is 2.31. The van der Waals surface area contributed by atoms with E-state index >= 15 is 0 Å². The van der Waals surface area contributed by atoms with Crippen LogP contribution in [0.5, 0.6) is 5.75 Å². The monoisotopic (exact) mass is 343 g/mol. The van der Waals surface area contributed by atoms with Crippen LogP contribution in [0.15, 0.2) is 24.3 Å². The summed E-state index contributed by atoms with van der Waals surface area (Å²) in [5.74, 6) is 0.522. The highest BCUT2D eigenvalue weighted by molar-refractivity contribution is 6.00. The summed E-state index contributed by atoms with van der Waals surface area (Å²) in [6.07, 6.45) is 4.95. The summed E-state index contributed by atoms with van der Waals surface area (Å²) in [6.45, 7) is 2.62. The van der Waals surface area contributed by atoms with Crippen molar-refractivity contribution >= 4 is 17.5 Å². The fourth-order valence-electron chi connectivity index (χ4n) is 4.30. The lowest BCUT2D eigenvalue weighted by molar-refractivity contribution is -0.124. The molecule has 3 aliphatic rings. The van der Waals surface area contributed by atoms with Crippen LogP contribution in [0.2, 0.25) is 0 Å². The van der Waals surface area contributed by atoms with Crippen molar-refractivity contribution in [3.63, 3.8) is 0 Å². The van der Waals surface area contributed by atoms with Gasteiger partial charge in [-0.2, -0.15) is 0 Å². The summed E-state index contributed by atoms with van der Waals surface area (Å²) < 4.78 is 5.63. The zero-order valence-electron chi connectivity index (χ0n) is 14.4. The van der Waals surface area contributed by atoms with Crippen LogP contribution in [0.1, 0.15) is 32.1 Å². The number of ether oxygens (including phenoxy) is 1. The fourth-order valence-corrected chi connectivity index (χ4v) is 4.30. The largest absolute Gasteiger partial charge is 0.491 e. The highest BCUT2D eigenvalue weighted by Gasteiger charge is 2.36. The van der Waals surface area contributed by atoms with Gasteiger partial charge in [0.1, 0.15) is 12.3 Å². The van der Waals surface area contributed by atoms with Gasteiger partial charge in [0.2, 0.25) is 11.8 Å². The number of carbonyl (C=O) groups excluding carboxylic acids is 2. The third kappa shape index (κ3) is 3.35. The standard InChI is InChI=1S/C19H25N3O3/c23-18(20-14-8-11-21-10-4-3-5-15(14)21)13-22-16-6-1-2-7-17(16)25-12-9-19(22)24/h1-2,6-7,14-15H,3-5,8-13H2,(H,20,23)/t14-,15-/m0/s1. The van der Waals surface area contributed by atoms with Crippen molar-refractivity contribution in [3.05, 3.63) is 24.3 Å². The molecule has 4 rings (SSSR count). The minimum atomic E-state index is -0.0810. The molecule has 0 radical (unpaired) electrons. The maximum absolute atomic E-state index is 12.6. The topological polar surface area (TPSA) is 61.9 Å². The van der Waals surface area contributed by atoms with Crippen molar-refractivity contribution in [2.24, 2.45) is 0 Å². The Balaban J connectivity index is 1.44. The van der Waals surface area contributed by atoms with Crippen LogP contribution in [0, 0.1) is 0 Å². The van der Waals surface area contributed by atoms with Crippen LogP contribution >= 0.6 is 0 Å². The van der Waals surface area contributed by atoms with Gasteiger partial charge in [0.05, 0.1) is 18.7 Å². The first-order valence-electron chi connectivity index (χ1n) is 9.28. The number of carbonyl (C=O) groups is 2. The molecule has 2 fully saturated rings. The van der Waals surface area contributed by atoms with Gasteiger partial charge >= 0.3 is 0 Å². The zero-order valence-corrected chi connectivity index (χ0v) is 14.4. The van der Waals surface area contributed by atoms with E-state index in [1.54, 1.807) is 4.90 Å². The fraction of sp³-hybridized carbons (Fsp3) is 0.579. The van der Waals surface area contributed by atoms with Crippen molar-refractivity contribution < 1.29 is 14.3 Å². The van der Waals surface area contributed by atoms with Crippen LogP contribution in [0.3, 0.4) is 0 Å². The van der Waals surface area contributed by atoms with E-state index in [9.17, 15) is 9.59 Å². The van der Waals surface area contributed by atoms with E-state index in [4.69, 9.17) is 4.74 Å². The van der Waals surface area contributed by atoms with Crippen LogP contribution in [-0.4, -0.2) is 55.0 Å². The van der Waals surface area contributed by atoms with E-state index in [0.717, 1.165) is 25.9 Å². The zero-order chi connectivity index (χ0) is 17.2. The van der Waals surface area contributed by atoms with Crippen molar-refractivity contribution in [1.82, 2.24) is 10.2 Å². The molecule has 1 aromatic rings. The minimum Gasteiger partial charge on any atom is -0.491 e. The third-order valence-corrected chi connectivity index (χ3v) is 5.53. The van der Waals surface area contributed by atoms with Gasteiger partial charge in [-0.3, -0.25) is 19.4 Å². The Hall–Kier alpha value is -2.08. The van der Waals surface area contributed by atoms with Gasteiger partial charge in [0.25, 0.3) is 0 Å². The van der Waals surface area contributed by atoms with Gasteiger partial charge < -0.3 is 10.1 Å². The number of anilines is 1. The quantitative estimate of drug-likeness (QED) is 0.904. The summed E-state index contributed by atoms with van der Waals surface area (Å²) in [6, 6.07) is 8.10. The molecular weight excluding hydrogens is 318 g/mol. The molecule has 0 aliphatic carbocycles. The Morgan fingerprint density at radius 2 is 2.08 bits per heavy atom. The molecule has 0 spiro atoms. The van der Waals surface area contributed by atoms with Crippen molar-refractivity contribution in [3.8, 4) is 5.75 Å².